The minimum atomic E-state index is -0.602. The summed E-state index contributed by atoms with van der Waals surface area (Å²) in [4.78, 5) is 28.3. The second-order valence-electron chi connectivity index (χ2n) is 7.13. The lowest BCUT2D eigenvalue weighted by atomic mass is 10.1. The van der Waals surface area contributed by atoms with Crippen molar-refractivity contribution in [2.75, 3.05) is 12.3 Å². The molecule has 2 amide bonds. The molecule has 0 bridgehead atoms. The molecule has 4 nitrogen and oxygen atoms in total. The highest BCUT2D eigenvalue weighted by molar-refractivity contribution is 7.99. The maximum atomic E-state index is 13.1. The van der Waals surface area contributed by atoms with Gasteiger partial charge in [0.15, 0.2) is 0 Å². The number of halogens is 3. The SMILES string of the molecule is CCCNC(=O)[C@@H](C)N(Cc1ccc(Cl)cc1Cl)C(=O)CCCSc1ccc(Cl)cc1. The highest BCUT2D eigenvalue weighted by Gasteiger charge is 2.26. The zero-order valence-corrected chi connectivity index (χ0v) is 20.8. The summed E-state index contributed by atoms with van der Waals surface area (Å²) < 4.78 is 0. The van der Waals surface area contributed by atoms with Gasteiger partial charge in [0.1, 0.15) is 6.04 Å². The van der Waals surface area contributed by atoms with E-state index in [9.17, 15) is 9.59 Å². The van der Waals surface area contributed by atoms with Gasteiger partial charge in [0.05, 0.1) is 0 Å². The van der Waals surface area contributed by atoms with Crippen molar-refractivity contribution in [2.24, 2.45) is 0 Å². The summed E-state index contributed by atoms with van der Waals surface area (Å²) >= 11 is 19.9. The Balaban J connectivity index is 2.02. The van der Waals surface area contributed by atoms with E-state index >= 15 is 0 Å². The molecule has 2 aromatic carbocycles. The van der Waals surface area contributed by atoms with Gasteiger partial charge in [-0.25, -0.2) is 0 Å². The number of thioether (sulfide) groups is 1. The van der Waals surface area contributed by atoms with Crippen molar-refractivity contribution in [3.63, 3.8) is 0 Å². The van der Waals surface area contributed by atoms with Crippen LogP contribution < -0.4 is 5.32 Å². The first-order chi connectivity index (χ1) is 14.8. The molecule has 31 heavy (non-hydrogen) atoms. The summed E-state index contributed by atoms with van der Waals surface area (Å²) in [5.41, 5.74) is 0.755. The van der Waals surface area contributed by atoms with Crippen LogP contribution in [0.3, 0.4) is 0 Å². The molecule has 0 spiro atoms. The lowest BCUT2D eigenvalue weighted by Gasteiger charge is -2.29. The molecule has 0 fully saturated rings. The Kier molecular flexibility index (Phi) is 11.0. The Morgan fingerprint density at radius 3 is 2.39 bits per heavy atom. The monoisotopic (exact) mass is 500 g/mol. The van der Waals surface area contributed by atoms with E-state index in [1.165, 1.54) is 0 Å². The van der Waals surface area contributed by atoms with Crippen LogP contribution in [0.4, 0.5) is 0 Å². The van der Waals surface area contributed by atoms with Crippen LogP contribution in [0.15, 0.2) is 47.4 Å². The number of amides is 2. The largest absolute Gasteiger partial charge is 0.354 e. The molecule has 8 heteroatoms. The van der Waals surface area contributed by atoms with E-state index in [2.05, 4.69) is 5.32 Å². The van der Waals surface area contributed by atoms with E-state index in [1.54, 1.807) is 41.8 Å². The predicted octanol–water partition coefficient (Wildman–Crippen LogP) is 6.46. The molecule has 168 valence electrons. The van der Waals surface area contributed by atoms with Crippen LogP contribution >= 0.6 is 46.6 Å². The topological polar surface area (TPSA) is 49.4 Å². The van der Waals surface area contributed by atoms with Crippen LogP contribution in [-0.4, -0.2) is 35.1 Å². The van der Waals surface area contributed by atoms with Crippen LogP contribution in [0, 0.1) is 0 Å². The molecule has 0 saturated heterocycles. The second kappa shape index (κ2) is 13.2. The van der Waals surface area contributed by atoms with Gasteiger partial charge in [-0.05, 0) is 67.5 Å². The van der Waals surface area contributed by atoms with Crippen molar-refractivity contribution < 1.29 is 9.59 Å². The summed E-state index contributed by atoms with van der Waals surface area (Å²) in [5.74, 6) is 0.539. The maximum absolute atomic E-state index is 13.1. The summed E-state index contributed by atoms with van der Waals surface area (Å²) in [6, 6.07) is 12.2. The normalized spacial score (nSPS) is 11.8. The highest BCUT2D eigenvalue weighted by Crippen LogP contribution is 2.25. The molecule has 2 rings (SSSR count). The molecule has 0 heterocycles. The van der Waals surface area contributed by atoms with E-state index in [1.807, 2.05) is 31.2 Å². The fourth-order valence-corrected chi connectivity index (χ4v) is 4.35. The van der Waals surface area contributed by atoms with E-state index < -0.39 is 6.04 Å². The van der Waals surface area contributed by atoms with E-state index in [0.717, 1.165) is 22.6 Å². The molecule has 0 aliphatic carbocycles. The Morgan fingerprint density at radius 2 is 1.74 bits per heavy atom. The number of hydrogen-bond donors (Lipinski definition) is 1. The number of rotatable bonds is 11. The first-order valence-electron chi connectivity index (χ1n) is 10.2. The molecular weight excluding hydrogens is 475 g/mol. The average Bonchev–Trinajstić information content (AvgIpc) is 2.75. The highest BCUT2D eigenvalue weighted by atomic mass is 35.5. The standard InChI is InChI=1S/C23H27Cl3N2O2S/c1-3-12-27-23(30)16(2)28(15-17-6-7-19(25)14-21(17)26)22(29)5-4-13-31-20-10-8-18(24)9-11-20/h6-11,14,16H,3-5,12-13,15H2,1-2H3,(H,27,30)/t16-/m1/s1. The molecule has 0 radical (unpaired) electrons. The third-order valence-electron chi connectivity index (χ3n) is 4.69. The zero-order chi connectivity index (χ0) is 22.8. The molecule has 0 aromatic heterocycles. The average molecular weight is 502 g/mol. The third-order valence-corrected chi connectivity index (χ3v) is 6.63. The van der Waals surface area contributed by atoms with Crippen molar-refractivity contribution in [3.05, 3.63) is 63.1 Å². The van der Waals surface area contributed by atoms with Crippen molar-refractivity contribution in [2.45, 2.75) is 50.6 Å². The van der Waals surface area contributed by atoms with E-state index in [-0.39, 0.29) is 18.4 Å². The Hall–Kier alpha value is -1.40. The molecule has 0 aliphatic heterocycles. The van der Waals surface area contributed by atoms with Crippen molar-refractivity contribution >= 4 is 58.4 Å². The van der Waals surface area contributed by atoms with Crippen molar-refractivity contribution in [1.82, 2.24) is 10.2 Å². The quantitative estimate of drug-likeness (QED) is 0.284. The first-order valence-corrected chi connectivity index (χ1v) is 12.3. The minimum absolute atomic E-state index is 0.0816. The van der Waals surface area contributed by atoms with Gasteiger partial charge in [-0.2, -0.15) is 0 Å². The number of carbonyl (C=O) groups excluding carboxylic acids is 2. The Bertz CT molecular complexity index is 878. The summed E-state index contributed by atoms with van der Waals surface area (Å²) in [6.07, 6.45) is 1.87. The van der Waals surface area contributed by atoms with Gasteiger partial charge < -0.3 is 10.2 Å². The van der Waals surface area contributed by atoms with Crippen LogP contribution in [0.25, 0.3) is 0 Å². The first kappa shape index (κ1) is 25.9. The lowest BCUT2D eigenvalue weighted by Crippen LogP contribution is -2.47. The minimum Gasteiger partial charge on any atom is -0.354 e. The molecule has 1 atom stereocenters. The molecular formula is C23H27Cl3N2O2S. The predicted molar refractivity (Wildman–Crippen MR) is 131 cm³/mol. The van der Waals surface area contributed by atoms with E-state index in [4.69, 9.17) is 34.8 Å². The van der Waals surface area contributed by atoms with Gasteiger partial charge in [-0.1, -0.05) is 47.8 Å². The third kappa shape index (κ3) is 8.57. The van der Waals surface area contributed by atoms with Crippen LogP contribution in [0.5, 0.6) is 0 Å². The van der Waals surface area contributed by atoms with Crippen LogP contribution in [0.2, 0.25) is 15.1 Å². The Morgan fingerprint density at radius 1 is 1.06 bits per heavy atom. The van der Waals surface area contributed by atoms with E-state index in [0.29, 0.717) is 34.5 Å². The molecule has 2 aromatic rings. The zero-order valence-electron chi connectivity index (χ0n) is 17.7. The maximum Gasteiger partial charge on any atom is 0.242 e. The van der Waals surface area contributed by atoms with Gasteiger partial charge in [0.2, 0.25) is 11.8 Å². The second-order valence-corrected chi connectivity index (χ2v) is 9.58. The van der Waals surface area contributed by atoms with Gasteiger partial charge in [-0.15, -0.1) is 11.8 Å². The smallest absolute Gasteiger partial charge is 0.242 e. The van der Waals surface area contributed by atoms with Crippen LogP contribution in [-0.2, 0) is 16.1 Å². The number of hydrogen-bond acceptors (Lipinski definition) is 3. The number of nitrogens with zero attached hydrogens (tertiary/aromatic N) is 1. The number of benzene rings is 2. The fourth-order valence-electron chi connectivity index (χ4n) is 2.90. The lowest BCUT2D eigenvalue weighted by molar-refractivity contribution is -0.140. The van der Waals surface area contributed by atoms with Gasteiger partial charge in [0.25, 0.3) is 0 Å². The summed E-state index contributed by atoms with van der Waals surface area (Å²) in [6.45, 7) is 4.55. The number of nitrogens with one attached hydrogen (secondary N) is 1. The van der Waals surface area contributed by atoms with Crippen molar-refractivity contribution in [1.29, 1.82) is 0 Å². The van der Waals surface area contributed by atoms with Gasteiger partial charge >= 0.3 is 0 Å². The van der Waals surface area contributed by atoms with Crippen molar-refractivity contribution in [3.8, 4) is 0 Å². The van der Waals surface area contributed by atoms with Gasteiger partial charge in [-0.3, -0.25) is 9.59 Å². The van der Waals surface area contributed by atoms with Crippen LogP contribution in [0.1, 0.15) is 38.7 Å². The molecule has 0 aliphatic rings. The summed E-state index contributed by atoms with van der Waals surface area (Å²) in [7, 11) is 0. The summed E-state index contributed by atoms with van der Waals surface area (Å²) in [5, 5.41) is 4.57. The number of carbonyl (C=O) groups is 2. The van der Waals surface area contributed by atoms with Gasteiger partial charge in [0, 0.05) is 39.5 Å². The fraction of sp³-hybridized carbons (Fsp3) is 0.391. The molecule has 0 unspecified atom stereocenters. The molecule has 1 N–H and O–H groups in total. The Labute approximate surface area is 203 Å². The molecule has 0 saturated carbocycles.